The second-order valence-electron chi connectivity index (χ2n) is 1.07. The predicted molar refractivity (Wildman–Crippen MR) is 34.2 cm³/mol. The van der Waals surface area contributed by atoms with E-state index < -0.39 is 0 Å². The first-order valence-electron chi connectivity index (χ1n) is 1.71. The van der Waals surface area contributed by atoms with Gasteiger partial charge in [-0.05, 0) is 10.8 Å². The number of thioether (sulfide) groups is 1. The maximum Gasteiger partial charge on any atom is 0.0559 e. The molecule has 32 valence electrons. The SMILES string of the molecule is S=CC1C=CS1. The Labute approximate surface area is 46.6 Å². The summed E-state index contributed by atoms with van der Waals surface area (Å²) in [6.45, 7) is 0. The van der Waals surface area contributed by atoms with Gasteiger partial charge in [-0.15, -0.1) is 11.8 Å². The predicted octanol–water partition coefficient (Wildman–Crippen LogP) is 1.62. The Morgan fingerprint density at radius 1 is 1.83 bits per heavy atom. The van der Waals surface area contributed by atoms with Crippen LogP contribution in [0.5, 0.6) is 0 Å². The molecule has 0 aliphatic carbocycles. The standard InChI is InChI=1S/C4H4S2/c5-3-4-1-2-6-4/h1-4H. The van der Waals surface area contributed by atoms with Gasteiger partial charge in [-0.1, -0.05) is 18.3 Å². The number of rotatable bonds is 1. The summed E-state index contributed by atoms with van der Waals surface area (Å²) in [5.74, 6) is 0. The molecule has 0 aromatic carbocycles. The number of hydrogen-bond acceptors (Lipinski definition) is 2. The van der Waals surface area contributed by atoms with Crippen LogP contribution in [0.2, 0.25) is 0 Å². The summed E-state index contributed by atoms with van der Waals surface area (Å²) in [6, 6.07) is 0. The third-order valence-corrected chi connectivity index (χ3v) is 2.03. The second kappa shape index (κ2) is 1.76. The molecule has 1 unspecified atom stereocenters. The van der Waals surface area contributed by atoms with Crippen molar-refractivity contribution in [3.05, 3.63) is 11.5 Å². The zero-order chi connectivity index (χ0) is 4.41. The summed E-state index contributed by atoms with van der Waals surface area (Å²) in [4.78, 5) is 0. The van der Waals surface area contributed by atoms with Gasteiger partial charge in [-0.3, -0.25) is 0 Å². The van der Waals surface area contributed by atoms with E-state index in [9.17, 15) is 0 Å². The summed E-state index contributed by atoms with van der Waals surface area (Å²) in [5.41, 5.74) is 0. The fraction of sp³-hybridized carbons (Fsp3) is 0.250. The van der Waals surface area contributed by atoms with Crippen molar-refractivity contribution in [3.63, 3.8) is 0 Å². The lowest BCUT2D eigenvalue weighted by Gasteiger charge is -2.08. The largest absolute Gasteiger partial charge is 0.122 e. The van der Waals surface area contributed by atoms with Crippen LogP contribution in [0, 0.1) is 0 Å². The van der Waals surface area contributed by atoms with Crippen LogP contribution in [0.15, 0.2) is 11.5 Å². The fourth-order valence-corrected chi connectivity index (χ4v) is 0.933. The minimum atomic E-state index is 0.542. The molecule has 1 rings (SSSR count). The van der Waals surface area contributed by atoms with E-state index in [0.717, 1.165) is 0 Å². The van der Waals surface area contributed by atoms with E-state index >= 15 is 0 Å². The Morgan fingerprint density at radius 3 is 2.50 bits per heavy atom. The first kappa shape index (κ1) is 4.34. The van der Waals surface area contributed by atoms with E-state index in [1.165, 1.54) is 0 Å². The van der Waals surface area contributed by atoms with Crippen molar-refractivity contribution in [1.29, 1.82) is 0 Å². The van der Waals surface area contributed by atoms with Gasteiger partial charge in [0.25, 0.3) is 0 Å². The van der Waals surface area contributed by atoms with E-state index in [2.05, 4.69) is 18.3 Å². The van der Waals surface area contributed by atoms with Crippen molar-refractivity contribution < 1.29 is 0 Å². The third-order valence-electron chi connectivity index (χ3n) is 0.638. The summed E-state index contributed by atoms with van der Waals surface area (Å²) in [6.07, 6.45) is 2.08. The molecule has 0 aromatic rings. The van der Waals surface area contributed by atoms with Crippen molar-refractivity contribution >= 4 is 29.3 Å². The van der Waals surface area contributed by atoms with Crippen LogP contribution in [0.4, 0.5) is 0 Å². The zero-order valence-electron chi connectivity index (χ0n) is 3.13. The minimum Gasteiger partial charge on any atom is -0.122 e. The molecule has 0 saturated heterocycles. The van der Waals surface area contributed by atoms with Crippen LogP contribution >= 0.6 is 24.0 Å². The molecule has 1 atom stereocenters. The van der Waals surface area contributed by atoms with Crippen LogP contribution in [0.25, 0.3) is 0 Å². The Hall–Kier alpha value is 0.180. The Balaban J connectivity index is 2.39. The molecule has 0 bridgehead atoms. The highest BCUT2D eigenvalue weighted by Gasteiger charge is 2.03. The fourth-order valence-electron chi connectivity index (χ4n) is 0.247. The average Bonchev–Trinajstić information content (AvgIpc) is 1.31. The molecule has 6 heavy (non-hydrogen) atoms. The molecule has 0 N–H and O–H groups in total. The van der Waals surface area contributed by atoms with Crippen LogP contribution in [-0.2, 0) is 0 Å². The highest BCUT2D eigenvalue weighted by molar-refractivity contribution is 8.05. The van der Waals surface area contributed by atoms with Gasteiger partial charge in [0.05, 0.1) is 5.25 Å². The van der Waals surface area contributed by atoms with Crippen molar-refractivity contribution in [2.24, 2.45) is 0 Å². The maximum absolute atomic E-state index is 4.63. The monoisotopic (exact) mass is 116 g/mol. The van der Waals surface area contributed by atoms with Gasteiger partial charge in [0, 0.05) is 0 Å². The molecule has 0 aromatic heterocycles. The lowest BCUT2D eigenvalue weighted by atomic mass is 10.5. The molecule has 1 aliphatic heterocycles. The maximum atomic E-state index is 4.63. The normalized spacial score (nSPS) is 29.0. The second-order valence-corrected chi connectivity index (χ2v) is 2.43. The number of thiocarbonyl (C=S) groups is 1. The quantitative estimate of drug-likeness (QED) is 0.477. The van der Waals surface area contributed by atoms with E-state index in [1.807, 2.05) is 5.41 Å². The highest BCUT2D eigenvalue weighted by atomic mass is 32.2. The van der Waals surface area contributed by atoms with Gasteiger partial charge in [-0.2, -0.15) is 0 Å². The molecular weight excluding hydrogens is 112 g/mol. The zero-order valence-corrected chi connectivity index (χ0v) is 4.76. The topological polar surface area (TPSA) is 0 Å². The molecule has 1 heterocycles. The molecule has 0 nitrogen and oxygen atoms in total. The highest BCUT2D eigenvalue weighted by Crippen LogP contribution is 2.21. The van der Waals surface area contributed by atoms with E-state index in [0.29, 0.717) is 5.25 Å². The molecule has 0 saturated carbocycles. The van der Waals surface area contributed by atoms with E-state index in [-0.39, 0.29) is 0 Å². The first-order chi connectivity index (χ1) is 2.93. The van der Waals surface area contributed by atoms with E-state index in [1.54, 1.807) is 17.1 Å². The first-order valence-corrected chi connectivity index (χ1v) is 3.12. The van der Waals surface area contributed by atoms with Crippen molar-refractivity contribution in [3.8, 4) is 0 Å². The van der Waals surface area contributed by atoms with Gasteiger partial charge >= 0.3 is 0 Å². The summed E-state index contributed by atoms with van der Waals surface area (Å²) >= 11 is 6.39. The Morgan fingerprint density at radius 2 is 2.50 bits per heavy atom. The van der Waals surface area contributed by atoms with Gasteiger partial charge in [0.15, 0.2) is 0 Å². The van der Waals surface area contributed by atoms with Gasteiger partial charge < -0.3 is 0 Å². The molecular formula is C4H4S2. The van der Waals surface area contributed by atoms with E-state index in [4.69, 9.17) is 0 Å². The van der Waals surface area contributed by atoms with Crippen molar-refractivity contribution in [2.45, 2.75) is 5.25 Å². The lowest BCUT2D eigenvalue weighted by molar-refractivity contribution is 1.57. The van der Waals surface area contributed by atoms with Crippen molar-refractivity contribution in [2.75, 3.05) is 0 Å². The molecule has 0 radical (unpaired) electrons. The molecule has 0 amide bonds. The van der Waals surface area contributed by atoms with Gasteiger partial charge in [0.2, 0.25) is 0 Å². The summed E-state index contributed by atoms with van der Waals surface area (Å²) < 4.78 is 0. The molecule has 1 aliphatic rings. The average molecular weight is 116 g/mol. The number of hydrogen-bond donors (Lipinski definition) is 0. The summed E-state index contributed by atoms with van der Waals surface area (Å²) in [7, 11) is 0. The minimum absolute atomic E-state index is 0.542. The Kier molecular flexibility index (Phi) is 1.27. The molecule has 2 heteroatoms. The third kappa shape index (κ3) is 0.632. The lowest BCUT2D eigenvalue weighted by Crippen LogP contribution is -2.01. The van der Waals surface area contributed by atoms with Gasteiger partial charge in [-0.25, -0.2) is 0 Å². The van der Waals surface area contributed by atoms with Crippen LogP contribution in [0.3, 0.4) is 0 Å². The smallest absolute Gasteiger partial charge is 0.0559 e. The molecule has 0 spiro atoms. The summed E-state index contributed by atoms with van der Waals surface area (Å²) in [5, 5.41) is 4.36. The van der Waals surface area contributed by atoms with Crippen LogP contribution < -0.4 is 0 Å². The van der Waals surface area contributed by atoms with Crippen LogP contribution in [0.1, 0.15) is 0 Å². The Bertz CT molecular complexity index is 85.5. The van der Waals surface area contributed by atoms with Crippen LogP contribution in [-0.4, -0.2) is 10.6 Å². The molecule has 0 fully saturated rings. The van der Waals surface area contributed by atoms with Gasteiger partial charge in [0.1, 0.15) is 0 Å². The van der Waals surface area contributed by atoms with Crippen molar-refractivity contribution in [1.82, 2.24) is 0 Å².